The molecule has 1 saturated heterocycles. The van der Waals surface area contributed by atoms with Crippen molar-refractivity contribution in [2.24, 2.45) is 4.99 Å². The van der Waals surface area contributed by atoms with Gasteiger partial charge in [0.15, 0.2) is 5.17 Å². The molecule has 1 unspecified atom stereocenters. The number of benzene rings is 2. The number of carbonyl (C=O) groups excluding carboxylic acids is 2. The lowest BCUT2D eigenvalue weighted by Crippen LogP contribution is -2.33. The fraction of sp³-hybridized carbons (Fsp3) is 0.150. The van der Waals surface area contributed by atoms with Crippen molar-refractivity contribution in [2.45, 2.75) is 11.7 Å². The second-order valence-corrected chi connectivity index (χ2v) is 7.71. The summed E-state index contributed by atoms with van der Waals surface area (Å²) >= 11 is 1.04. The van der Waals surface area contributed by atoms with Gasteiger partial charge in [0, 0.05) is 31.2 Å². The van der Waals surface area contributed by atoms with Crippen LogP contribution < -0.4 is 5.32 Å². The molecule has 11 nitrogen and oxygen atoms in total. The third-order valence-electron chi connectivity index (χ3n) is 4.34. The number of nitro groups is 2. The highest BCUT2D eigenvalue weighted by atomic mass is 32.2. The summed E-state index contributed by atoms with van der Waals surface area (Å²) in [6.45, 7) is 3.76. The number of nitrogens with zero attached hydrogens (tertiary/aromatic N) is 4. The zero-order valence-electron chi connectivity index (χ0n) is 16.5. The van der Waals surface area contributed by atoms with Crippen LogP contribution in [0, 0.1) is 20.2 Å². The van der Waals surface area contributed by atoms with Crippen molar-refractivity contribution in [3.8, 4) is 0 Å². The highest BCUT2D eigenvalue weighted by Gasteiger charge is 2.38. The molecular weight excluding hydrogens is 438 g/mol. The topological polar surface area (TPSA) is 148 Å². The molecule has 1 heterocycles. The number of hydrogen-bond acceptors (Lipinski definition) is 8. The Hall–Kier alpha value is -4.06. The minimum Gasteiger partial charge on any atom is -0.320 e. The maximum absolute atomic E-state index is 12.8. The average Bonchev–Trinajstić information content (AvgIpc) is 3.03. The lowest BCUT2D eigenvalue weighted by molar-refractivity contribution is -0.384. The zero-order chi connectivity index (χ0) is 23.3. The Morgan fingerprint density at radius 3 is 2.62 bits per heavy atom. The van der Waals surface area contributed by atoms with E-state index in [1.807, 2.05) is 0 Å². The number of rotatable bonds is 8. The first-order valence-electron chi connectivity index (χ1n) is 9.25. The number of anilines is 1. The molecule has 164 valence electrons. The Labute approximate surface area is 186 Å². The number of nitro benzene ring substituents is 2. The molecule has 1 N–H and O–H groups in total. The van der Waals surface area contributed by atoms with E-state index in [-0.39, 0.29) is 46.8 Å². The van der Waals surface area contributed by atoms with Crippen molar-refractivity contribution in [1.82, 2.24) is 4.90 Å². The monoisotopic (exact) mass is 455 g/mol. The van der Waals surface area contributed by atoms with Gasteiger partial charge >= 0.3 is 0 Å². The van der Waals surface area contributed by atoms with Crippen LogP contribution in [0.1, 0.15) is 6.42 Å². The molecule has 0 aromatic heterocycles. The van der Waals surface area contributed by atoms with E-state index in [0.717, 1.165) is 11.8 Å². The lowest BCUT2D eigenvalue weighted by atomic mass is 10.2. The zero-order valence-corrected chi connectivity index (χ0v) is 17.4. The standard InChI is InChI=1S/C20H17N5O6S/c1-2-10-23-19(27)17(12-18(26)22-15-8-3-4-9-16(15)25(30)31)32-20(23)21-13-6-5-7-14(11-13)24(28)29/h2-9,11,17H,1,10,12H2,(H,22,26). The van der Waals surface area contributed by atoms with Crippen molar-refractivity contribution >= 4 is 51.5 Å². The van der Waals surface area contributed by atoms with E-state index in [9.17, 15) is 29.8 Å². The molecule has 0 spiro atoms. The summed E-state index contributed by atoms with van der Waals surface area (Å²) in [5.74, 6) is -0.947. The summed E-state index contributed by atoms with van der Waals surface area (Å²) < 4.78 is 0. The van der Waals surface area contributed by atoms with Crippen molar-refractivity contribution in [3.63, 3.8) is 0 Å². The average molecular weight is 455 g/mol. The fourth-order valence-electron chi connectivity index (χ4n) is 2.92. The molecule has 2 amide bonds. The van der Waals surface area contributed by atoms with E-state index >= 15 is 0 Å². The molecule has 0 bridgehead atoms. The van der Waals surface area contributed by atoms with Crippen molar-refractivity contribution in [2.75, 3.05) is 11.9 Å². The van der Waals surface area contributed by atoms with E-state index in [0.29, 0.717) is 0 Å². The van der Waals surface area contributed by atoms with Crippen molar-refractivity contribution in [1.29, 1.82) is 0 Å². The van der Waals surface area contributed by atoms with Gasteiger partial charge in [-0.1, -0.05) is 36.0 Å². The normalized spacial score (nSPS) is 16.8. The molecule has 1 atom stereocenters. The van der Waals surface area contributed by atoms with Crippen LogP contribution in [-0.2, 0) is 9.59 Å². The number of aliphatic imine (C=N–C) groups is 1. The number of amidine groups is 1. The van der Waals surface area contributed by atoms with Gasteiger partial charge in [-0.15, -0.1) is 6.58 Å². The summed E-state index contributed by atoms with van der Waals surface area (Å²) in [5.41, 5.74) is -0.0794. The second kappa shape index (κ2) is 9.83. The number of carbonyl (C=O) groups is 2. The second-order valence-electron chi connectivity index (χ2n) is 6.54. The Kier molecular flexibility index (Phi) is 6.95. The van der Waals surface area contributed by atoms with Gasteiger partial charge in [0.1, 0.15) is 10.9 Å². The molecule has 1 fully saturated rings. The van der Waals surface area contributed by atoms with Crippen LogP contribution in [0.15, 0.2) is 66.2 Å². The molecule has 1 aliphatic rings. The van der Waals surface area contributed by atoms with Crippen LogP contribution in [0.3, 0.4) is 0 Å². The number of nitrogens with one attached hydrogen (secondary N) is 1. The maximum Gasteiger partial charge on any atom is 0.292 e. The van der Waals surface area contributed by atoms with E-state index in [1.54, 1.807) is 12.1 Å². The van der Waals surface area contributed by atoms with Crippen LogP contribution in [0.25, 0.3) is 0 Å². The molecule has 0 radical (unpaired) electrons. The first-order chi connectivity index (χ1) is 15.3. The van der Waals surface area contributed by atoms with Gasteiger partial charge in [0.2, 0.25) is 11.8 Å². The number of amides is 2. The van der Waals surface area contributed by atoms with Crippen LogP contribution in [0.4, 0.5) is 22.7 Å². The van der Waals surface area contributed by atoms with E-state index in [2.05, 4.69) is 16.9 Å². The number of hydrogen-bond donors (Lipinski definition) is 1. The molecule has 12 heteroatoms. The summed E-state index contributed by atoms with van der Waals surface area (Å²) in [4.78, 5) is 51.9. The van der Waals surface area contributed by atoms with Crippen molar-refractivity contribution in [3.05, 3.63) is 81.4 Å². The van der Waals surface area contributed by atoms with E-state index in [4.69, 9.17) is 0 Å². The minimum atomic E-state index is -0.810. The third-order valence-corrected chi connectivity index (χ3v) is 5.52. The molecule has 3 rings (SSSR count). The van der Waals surface area contributed by atoms with E-state index in [1.165, 1.54) is 47.4 Å². The molecule has 0 saturated carbocycles. The van der Waals surface area contributed by atoms with Gasteiger partial charge in [-0.3, -0.25) is 34.7 Å². The van der Waals surface area contributed by atoms with Gasteiger partial charge in [0.05, 0.1) is 15.5 Å². The lowest BCUT2D eigenvalue weighted by Gasteiger charge is -2.13. The smallest absolute Gasteiger partial charge is 0.292 e. The quantitative estimate of drug-likeness (QED) is 0.363. The Morgan fingerprint density at radius 2 is 1.94 bits per heavy atom. The predicted molar refractivity (Wildman–Crippen MR) is 120 cm³/mol. The van der Waals surface area contributed by atoms with Crippen LogP contribution in [0.5, 0.6) is 0 Å². The SMILES string of the molecule is C=CCN1C(=O)C(CC(=O)Nc2ccccc2[N+](=O)[O-])SC1=Nc1cccc([N+](=O)[O-])c1. The summed E-state index contributed by atoms with van der Waals surface area (Å²) in [7, 11) is 0. The van der Waals surface area contributed by atoms with Crippen LogP contribution >= 0.6 is 11.8 Å². The van der Waals surface area contributed by atoms with Gasteiger partial charge in [-0.25, -0.2) is 4.99 Å². The van der Waals surface area contributed by atoms with Crippen molar-refractivity contribution < 1.29 is 19.4 Å². The first kappa shape index (κ1) is 22.6. The summed E-state index contributed by atoms with van der Waals surface area (Å²) in [5, 5.41) is 24.0. The third kappa shape index (κ3) is 5.16. The number of non-ortho nitro benzene ring substituents is 1. The molecular formula is C20H17N5O6S. The van der Waals surface area contributed by atoms with Gasteiger partial charge in [-0.2, -0.15) is 0 Å². The molecule has 1 aliphatic heterocycles. The largest absolute Gasteiger partial charge is 0.320 e. The summed E-state index contributed by atoms with van der Waals surface area (Å²) in [6.07, 6.45) is 1.26. The Balaban J connectivity index is 1.79. The summed E-state index contributed by atoms with van der Waals surface area (Å²) in [6, 6.07) is 11.3. The molecule has 32 heavy (non-hydrogen) atoms. The molecule has 2 aromatic carbocycles. The Bertz CT molecular complexity index is 1130. The van der Waals surface area contributed by atoms with Gasteiger partial charge in [0.25, 0.3) is 11.4 Å². The van der Waals surface area contributed by atoms with Gasteiger partial charge < -0.3 is 5.32 Å². The fourth-order valence-corrected chi connectivity index (χ4v) is 4.08. The van der Waals surface area contributed by atoms with E-state index < -0.39 is 21.0 Å². The maximum atomic E-state index is 12.8. The predicted octanol–water partition coefficient (Wildman–Crippen LogP) is 3.65. The first-order valence-corrected chi connectivity index (χ1v) is 10.1. The van der Waals surface area contributed by atoms with Gasteiger partial charge in [-0.05, 0) is 12.1 Å². The minimum absolute atomic E-state index is 0.0337. The number of para-hydroxylation sites is 2. The highest BCUT2D eigenvalue weighted by molar-refractivity contribution is 8.15. The number of thioether (sulfide) groups is 1. The Morgan fingerprint density at radius 1 is 1.19 bits per heavy atom. The van der Waals surface area contributed by atoms with Crippen LogP contribution in [-0.4, -0.2) is 43.5 Å². The molecule has 0 aliphatic carbocycles. The highest BCUT2D eigenvalue weighted by Crippen LogP contribution is 2.33. The molecule has 2 aromatic rings. The van der Waals surface area contributed by atoms with Crippen LogP contribution in [0.2, 0.25) is 0 Å².